The van der Waals surface area contributed by atoms with Crippen molar-refractivity contribution in [2.75, 3.05) is 5.32 Å². The molecule has 0 radical (unpaired) electrons. The standard InChI is InChI=1S/C11H14BrClN4O/c12-8-5-15-11(13)17-10(8)16-7-3-1-6(2-4-7)9(14)18/h5-7H,1-4H2,(H2,14,18)(H,15,16,17). The average molecular weight is 334 g/mol. The largest absolute Gasteiger partial charge is 0.369 e. The molecule has 2 rings (SSSR count). The van der Waals surface area contributed by atoms with Crippen LogP contribution in [0.3, 0.4) is 0 Å². The van der Waals surface area contributed by atoms with Crippen LogP contribution >= 0.6 is 27.5 Å². The zero-order valence-corrected chi connectivity index (χ0v) is 12.0. The number of hydrogen-bond donors (Lipinski definition) is 2. The Hall–Kier alpha value is -0.880. The molecule has 1 amide bonds. The fourth-order valence-electron chi connectivity index (χ4n) is 2.16. The molecule has 7 heteroatoms. The van der Waals surface area contributed by atoms with E-state index < -0.39 is 0 Å². The van der Waals surface area contributed by atoms with E-state index in [1.165, 1.54) is 0 Å². The van der Waals surface area contributed by atoms with Gasteiger partial charge in [-0.15, -0.1) is 0 Å². The van der Waals surface area contributed by atoms with Crippen LogP contribution in [0.4, 0.5) is 5.82 Å². The normalized spacial score (nSPS) is 23.7. The molecule has 3 N–H and O–H groups in total. The molecule has 0 atom stereocenters. The molecule has 1 saturated carbocycles. The number of rotatable bonds is 3. The monoisotopic (exact) mass is 332 g/mol. The van der Waals surface area contributed by atoms with Crippen LogP contribution in [0.15, 0.2) is 10.7 Å². The Kier molecular flexibility index (Phi) is 4.40. The minimum atomic E-state index is -0.195. The molecule has 1 aromatic heterocycles. The summed E-state index contributed by atoms with van der Waals surface area (Å²) in [6.45, 7) is 0. The summed E-state index contributed by atoms with van der Waals surface area (Å²) in [6.07, 6.45) is 5.07. The van der Waals surface area contributed by atoms with Crippen LogP contribution in [-0.4, -0.2) is 21.9 Å². The number of carbonyl (C=O) groups is 1. The van der Waals surface area contributed by atoms with Gasteiger partial charge in [-0.25, -0.2) is 4.98 Å². The molecule has 1 heterocycles. The van der Waals surface area contributed by atoms with Gasteiger partial charge in [-0.2, -0.15) is 4.98 Å². The number of amides is 1. The lowest BCUT2D eigenvalue weighted by Gasteiger charge is -2.27. The van der Waals surface area contributed by atoms with Gasteiger partial charge in [0.2, 0.25) is 11.2 Å². The van der Waals surface area contributed by atoms with Gasteiger partial charge < -0.3 is 11.1 Å². The maximum atomic E-state index is 11.1. The zero-order valence-electron chi connectivity index (χ0n) is 9.70. The van der Waals surface area contributed by atoms with Crippen molar-refractivity contribution >= 4 is 39.3 Å². The van der Waals surface area contributed by atoms with E-state index in [2.05, 4.69) is 31.2 Å². The van der Waals surface area contributed by atoms with Crippen LogP contribution in [-0.2, 0) is 4.79 Å². The quantitative estimate of drug-likeness (QED) is 0.832. The Bertz CT molecular complexity index is 449. The fourth-order valence-corrected chi connectivity index (χ4v) is 2.60. The fraction of sp³-hybridized carbons (Fsp3) is 0.545. The topological polar surface area (TPSA) is 80.9 Å². The molecule has 5 nitrogen and oxygen atoms in total. The second-order valence-electron chi connectivity index (χ2n) is 4.43. The Balaban J connectivity index is 1.95. The summed E-state index contributed by atoms with van der Waals surface area (Å²) in [4.78, 5) is 19.1. The van der Waals surface area contributed by atoms with Crippen LogP contribution in [0.25, 0.3) is 0 Å². The highest BCUT2D eigenvalue weighted by molar-refractivity contribution is 9.10. The smallest absolute Gasteiger partial charge is 0.224 e. The Morgan fingerprint density at radius 3 is 2.72 bits per heavy atom. The maximum absolute atomic E-state index is 11.1. The highest BCUT2D eigenvalue weighted by atomic mass is 79.9. The van der Waals surface area contributed by atoms with Gasteiger partial charge in [0.25, 0.3) is 0 Å². The molecule has 0 saturated heterocycles. The van der Waals surface area contributed by atoms with Gasteiger partial charge in [0.05, 0.1) is 4.47 Å². The van der Waals surface area contributed by atoms with Gasteiger partial charge in [0, 0.05) is 18.2 Å². The van der Waals surface area contributed by atoms with Gasteiger partial charge in [-0.05, 0) is 53.2 Å². The molecule has 1 aliphatic rings. The summed E-state index contributed by atoms with van der Waals surface area (Å²) in [7, 11) is 0. The van der Waals surface area contributed by atoms with Crippen molar-refractivity contribution in [2.24, 2.45) is 11.7 Å². The third-order valence-corrected chi connectivity index (χ3v) is 3.95. The van der Waals surface area contributed by atoms with Crippen molar-refractivity contribution in [3.63, 3.8) is 0 Å². The lowest BCUT2D eigenvalue weighted by atomic mass is 9.85. The lowest BCUT2D eigenvalue weighted by molar-refractivity contribution is -0.122. The van der Waals surface area contributed by atoms with E-state index in [1.807, 2.05) is 0 Å². The Morgan fingerprint density at radius 2 is 2.11 bits per heavy atom. The number of carbonyl (C=O) groups excluding carboxylic acids is 1. The number of primary amides is 1. The number of nitrogens with zero attached hydrogens (tertiary/aromatic N) is 2. The first-order valence-corrected chi connectivity index (χ1v) is 6.97. The van der Waals surface area contributed by atoms with Crippen molar-refractivity contribution in [3.05, 3.63) is 16.0 Å². The highest BCUT2D eigenvalue weighted by Gasteiger charge is 2.25. The van der Waals surface area contributed by atoms with E-state index in [0.717, 1.165) is 30.2 Å². The third kappa shape index (κ3) is 3.32. The average Bonchev–Trinajstić information content (AvgIpc) is 2.34. The predicted molar refractivity (Wildman–Crippen MR) is 73.3 cm³/mol. The maximum Gasteiger partial charge on any atom is 0.224 e. The van der Waals surface area contributed by atoms with E-state index in [4.69, 9.17) is 17.3 Å². The van der Waals surface area contributed by atoms with Crippen molar-refractivity contribution in [1.29, 1.82) is 0 Å². The minimum Gasteiger partial charge on any atom is -0.369 e. The third-order valence-electron chi connectivity index (χ3n) is 3.19. The second-order valence-corrected chi connectivity index (χ2v) is 5.62. The summed E-state index contributed by atoms with van der Waals surface area (Å²) >= 11 is 9.13. The van der Waals surface area contributed by atoms with Crippen molar-refractivity contribution in [3.8, 4) is 0 Å². The van der Waals surface area contributed by atoms with E-state index in [-0.39, 0.29) is 17.1 Å². The van der Waals surface area contributed by atoms with Crippen LogP contribution in [0, 0.1) is 5.92 Å². The molecule has 1 aromatic rings. The van der Waals surface area contributed by atoms with Crippen LogP contribution in [0.2, 0.25) is 5.28 Å². The predicted octanol–water partition coefficient (Wildman–Crippen LogP) is 2.35. The molecular weight excluding hydrogens is 320 g/mol. The summed E-state index contributed by atoms with van der Waals surface area (Å²) in [5.41, 5.74) is 5.30. The van der Waals surface area contributed by atoms with Gasteiger partial charge >= 0.3 is 0 Å². The Morgan fingerprint density at radius 1 is 1.44 bits per heavy atom. The molecule has 0 spiro atoms. The van der Waals surface area contributed by atoms with Gasteiger partial charge in [0.15, 0.2) is 0 Å². The first-order valence-electron chi connectivity index (χ1n) is 5.80. The lowest BCUT2D eigenvalue weighted by Crippen LogP contribution is -2.32. The number of anilines is 1. The van der Waals surface area contributed by atoms with E-state index in [1.54, 1.807) is 6.20 Å². The highest BCUT2D eigenvalue weighted by Crippen LogP contribution is 2.28. The van der Waals surface area contributed by atoms with Crippen LogP contribution in [0.1, 0.15) is 25.7 Å². The van der Waals surface area contributed by atoms with Crippen LogP contribution in [0.5, 0.6) is 0 Å². The molecule has 0 aliphatic heterocycles. The molecule has 0 aromatic carbocycles. The van der Waals surface area contributed by atoms with Crippen molar-refractivity contribution < 1.29 is 4.79 Å². The van der Waals surface area contributed by atoms with Crippen molar-refractivity contribution in [1.82, 2.24) is 9.97 Å². The first kappa shape index (κ1) is 13.5. The SMILES string of the molecule is NC(=O)C1CCC(Nc2nc(Cl)ncc2Br)CC1. The molecule has 98 valence electrons. The van der Waals surface area contributed by atoms with E-state index >= 15 is 0 Å². The first-order chi connectivity index (χ1) is 8.56. The number of nitrogens with two attached hydrogens (primary N) is 1. The minimum absolute atomic E-state index is 0.0143. The summed E-state index contributed by atoms with van der Waals surface area (Å²) in [5.74, 6) is 0.512. The molecule has 18 heavy (non-hydrogen) atoms. The molecule has 0 bridgehead atoms. The summed E-state index contributed by atoms with van der Waals surface area (Å²) in [6, 6.07) is 0.294. The summed E-state index contributed by atoms with van der Waals surface area (Å²) < 4.78 is 0.781. The Labute approximate surface area is 119 Å². The van der Waals surface area contributed by atoms with Gasteiger partial charge in [-0.3, -0.25) is 4.79 Å². The number of aromatic nitrogens is 2. The molecular formula is C11H14BrClN4O. The number of halogens is 2. The second kappa shape index (κ2) is 5.84. The zero-order chi connectivity index (χ0) is 13.1. The van der Waals surface area contributed by atoms with Crippen molar-refractivity contribution in [2.45, 2.75) is 31.7 Å². The molecule has 0 unspecified atom stereocenters. The molecule has 1 aliphatic carbocycles. The number of nitrogens with one attached hydrogen (secondary N) is 1. The van der Waals surface area contributed by atoms with E-state index in [0.29, 0.717) is 11.9 Å². The van der Waals surface area contributed by atoms with E-state index in [9.17, 15) is 4.79 Å². The van der Waals surface area contributed by atoms with Crippen LogP contribution < -0.4 is 11.1 Å². The number of hydrogen-bond acceptors (Lipinski definition) is 4. The van der Waals surface area contributed by atoms with Gasteiger partial charge in [0.1, 0.15) is 5.82 Å². The summed E-state index contributed by atoms with van der Waals surface area (Å²) in [5, 5.41) is 3.53. The molecule has 1 fully saturated rings. The van der Waals surface area contributed by atoms with Gasteiger partial charge in [-0.1, -0.05) is 0 Å².